The van der Waals surface area contributed by atoms with Crippen molar-refractivity contribution in [2.45, 2.75) is 45.1 Å². The number of hydrogen-bond acceptors (Lipinski definition) is 3. The minimum absolute atomic E-state index is 0.173. The van der Waals surface area contributed by atoms with Gasteiger partial charge in [0.15, 0.2) is 0 Å². The molecule has 94 valence electrons. The predicted molar refractivity (Wildman–Crippen MR) is 60.8 cm³/mol. The Hall–Kier alpha value is -1.39. The monoisotopic (exact) mass is 238 g/mol. The summed E-state index contributed by atoms with van der Waals surface area (Å²) in [6, 6.07) is 0.173. The van der Waals surface area contributed by atoms with Crippen LogP contribution in [-0.2, 0) is 14.4 Å². The third-order valence-corrected chi connectivity index (χ3v) is 3.68. The Morgan fingerprint density at radius 2 is 1.82 bits per heavy atom. The summed E-state index contributed by atoms with van der Waals surface area (Å²) >= 11 is 0. The number of nitrogens with one attached hydrogen (secondary N) is 2. The van der Waals surface area contributed by atoms with Gasteiger partial charge >= 0.3 is 0 Å². The van der Waals surface area contributed by atoms with Gasteiger partial charge in [0.2, 0.25) is 17.7 Å². The first-order chi connectivity index (χ1) is 8.09. The molecule has 5 nitrogen and oxygen atoms in total. The fraction of sp³-hybridized carbons (Fsp3) is 0.750. The van der Waals surface area contributed by atoms with Gasteiger partial charge in [0.25, 0.3) is 0 Å². The van der Waals surface area contributed by atoms with Crippen molar-refractivity contribution < 1.29 is 14.4 Å². The van der Waals surface area contributed by atoms with Crippen LogP contribution in [0.5, 0.6) is 0 Å². The number of rotatable bonds is 2. The Labute approximate surface area is 100 Å². The van der Waals surface area contributed by atoms with Crippen molar-refractivity contribution in [2.24, 2.45) is 11.8 Å². The number of amides is 3. The zero-order valence-corrected chi connectivity index (χ0v) is 9.99. The molecule has 1 aliphatic carbocycles. The molecule has 0 aromatic rings. The van der Waals surface area contributed by atoms with Crippen LogP contribution in [0.15, 0.2) is 0 Å². The number of imide groups is 1. The molecule has 0 unspecified atom stereocenters. The van der Waals surface area contributed by atoms with Gasteiger partial charge < -0.3 is 5.32 Å². The van der Waals surface area contributed by atoms with Crippen LogP contribution in [0.1, 0.15) is 39.0 Å². The van der Waals surface area contributed by atoms with E-state index in [1.54, 1.807) is 6.92 Å². The predicted octanol–water partition coefficient (Wildman–Crippen LogP) is 0.344. The fourth-order valence-corrected chi connectivity index (χ4v) is 2.58. The van der Waals surface area contributed by atoms with Gasteiger partial charge in [-0.25, -0.2) is 0 Å². The molecule has 3 amide bonds. The zero-order valence-electron chi connectivity index (χ0n) is 9.99. The maximum Gasteiger partial charge on any atom is 0.239 e. The van der Waals surface area contributed by atoms with Crippen molar-refractivity contribution in [3.63, 3.8) is 0 Å². The average Bonchev–Trinajstić information content (AvgIpc) is 2.54. The molecule has 0 spiro atoms. The molecule has 2 aliphatic rings. The minimum Gasteiger partial charge on any atom is -0.353 e. The van der Waals surface area contributed by atoms with Gasteiger partial charge in [-0.05, 0) is 12.8 Å². The highest BCUT2D eigenvalue weighted by molar-refractivity contribution is 6.14. The molecular weight excluding hydrogens is 220 g/mol. The fourth-order valence-electron chi connectivity index (χ4n) is 2.58. The second kappa shape index (κ2) is 4.85. The first kappa shape index (κ1) is 12.1. The summed E-state index contributed by atoms with van der Waals surface area (Å²) in [5, 5.41) is 5.09. The van der Waals surface area contributed by atoms with Crippen molar-refractivity contribution in [1.29, 1.82) is 0 Å². The van der Waals surface area contributed by atoms with E-state index in [0.29, 0.717) is 0 Å². The van der Waals surface area contributed by atoms with Crippen LogP contribution >= 0.6 is 0 Å². The number of hydrogen-bond donors (Lipinski definition) is 2. The molecule has 1 heterocycles. The smallest absolute Gasteiger partial charge is 0.239 e. The maximum atomic E-state index is 12.0. The highest BCUT2D eigenvalue weighted by atomic mass is 16.2. The van der Waals surface area contributed by atoms with Crippen molar-refractivity contribution in [1.82, 2.24) is 10.6 Å². The van der Waals surface area contributed by atoms with E-state index in [1.165, 1.54) is 6.42 Å². The summed E-state index contributed by atoms with van der Waals surface area (Å²) in [5.41, 5.74) is 0. The maximum absolute atomic E-state index is 12.0. The third-order valence-electron chi connectivity index (χ3n) is 3.68. The van der Waals surface area contributed by atoms with Crippen LogP contribution < -0.4 is 10.6 Å². The van der Waals surface area contributed by atoms with E-state index >= 15 is 0 Å². The number of carbonyl (C=O) groups excluding carboxylic acids is 3. The molecular formula is C12H18N2O3. The molecule has 0 aromatic carbocycles. The topological polar surface area (TPSA) is 75.3 Å². The second-order valence-electron chi connectivity index (χ2n) is 4.96. The largest absolute Gasteiger partial charge is 0.353 e. The van der Waals surface area contributed by atoms with Crippen molar-refractivity contribution >= 4 is 17.7 Å². The first-order valence-corrected chi connectivity index (χ1v) is 6.24. The lowest BCUT2D eigenvalue weighted by Crippen LogP contribution is -2.43. The molecule has 2 atom stereocenters. The van der Waals surface area contributed by atoms with Gasteiger partial charge in [0, 0.05) is 6.04 Å². The minimum atomic E-state index is -0.843. The standard InChI is InChI=1S/C12H18N2O3/c1-7-9(12(17)14-10(7)15)11(16)13-8-5-3-2-4-6-8/h7-9H,2-6H2,1H3,(H,13,16)(H,14,15,17)/t7-,9+/m0/s1. The van der Waals surface area contributed by atoms with Crippen LogP contribution in [0, 0.1) is 11.8 Å². The molecule has 5 heteroatoms. The van der Waals surface area contributed by atoms with Crippen molar-refractivity contribution in [2.75, 3.05) is 0 Å². The Balaban J connectivity index is 1.95. The van der Waals surface area contributed by atoms with Crippen LogP contribution in [0.3, 0.4) is 0 Å². The molecule has 1 saturated heterocycles. The molecule has 0 bridgehead atoms. The normalized spacial score (nSPS) is 30.2. The van der Waals surface area contributed by atoms with Gasteiger partial charge in [0.05, 0.1) is 5.92 Å². The quantitative estimate of drug-likeness (QED) is 0.538. The highest BCUT2D eigenvalue weighted by Gasteiger charge is 2.43. The highest BCUT2D eigenvalue weighted by Crippen LogP contribution is 2.21. The summed E-state index contributed by atoms with van der Waals surface area (Å²) in [6.07, 6.45) is 5.41. The van der Waals surface area contributed by atoms with E-state index < -0.39 is 17.7 Å². The van der Waals surface area contributed by atoms with E-state index in [9.17, 15) is 14.4 Å². The SMILES string of the molecule is C[C@@H]1C(=O)NC(=O)[C@H]1C(=O)NC1CCCCC1. The van der Waals surface area contributed by atoms with Gasteiger partial charge in [-0.2, -0.15) is 0 Å². The molecule has 0 radical (unpaired) electrons. The van der Waals surface area contributed by atoms with Crippen LogP contribution in [-0.4, -0.2) is 23.8 Å². The molecule has 17 heavy (non-hydrogen) atoms. The van der Waals surface area contributed by atoms with Gasteiger partial charge in [0.1, 0.15) is 5.92 Å². The summed E-state index contributed by atoms with van der Waals surface area (Å²) in [7, 11) is 0. The third kappa shape index (κ3) is 2.48. The van der Waals surface area contributed by atoms with E-state index in [-0.39, 0.29) is 17.9 Å². The van der Waals surface area contributed by atoms with Crippen LogP contribution in [0.25, 0.3) is 0 Å². The lowest BCUT2D eigenvalue weighted by atomic mass is 9.92. The molecule has 2 rings (SSSR count). The average molecular weight is 238 g/mol. The van der Waals surface area contributed by atoms with Crippen molar-refractivity contribution in [3.8, 4) is 0 Å². The summed E-state index contributed by atoms with van der Waals surface area (Å²) in [6.45, 7) is 1.62. The Bertz CT molecular complexity index is 348. The van der Waals surface area contributed by atoms with E-state index in [0.717, 1.165) is 25.7 Å². The van der Waals surface area contributed by atoms with E-state index in [1.807, 2.05) is 0 Å². The van der Waals surface area contributed by atoms with E-state index in [4.69, 9.17) is 0 Å². The molecule has 0 aromatic heterocycles. The lowest BCUT2D eigenvalue weighted by molar-refractivity contribution is -0.134. The molecule has 2 fully saturated rings. The Morgan fingerprint density at radius 1 is 1.18 bits per heavy atom. The zero-order chi connectivity index (χ0) is 12.4. The summed E-state index contributed by atoms with van der Waals surface area (Å²) in [5.74, 6) is -2.50. The lowest BCUT2D eigenvalue weighted by Gasteiger charge is -2.24. The van der Waals surface area contributed by atoms with E-state index in [2.05, 4.69) is 10.6 Å². The van der Waals surface area contributed by atoms with Gasteiger partial charge in [-0.15, -0.1) is 0 Å². The van der Waals surface area contributed by atoms with Crippen LogP contribution in [0.4, 0.5) is 0 Å². The van der Waals surface area contributed by atoms with Gasteiger partial charge in [-0.3, -0.25) is 19.7 Å². The summed E-state index contributed by atoms with van der Waals surface area (Å²) < 4.78 is 0. The molecule has 2 N–H and O–H groups in total. The van der Waals surface area contributed by atoms with Crippen molar-refractivity contribution in [3.05, 3.63) is 0 Å². The Kier molecular flexibility index (Phi) is 3.45. The first-order valence-electron chi connectivity index (χ1n) is 6.24. The molecule has 1 saturated carbocycles. The second-order valence-corrected chi connectivity index (χ2v) is 4.96. The Morgan fingerprint density at radius 3 is 2.35 bits per heavy atom. The molecule has 1 aliphatic heterocycles. The van der Waals surface area contributed by atoms with Gasteiger partial charge in [-0.1, -0.05) is 26.2 Å². The summed E-state index contributed by atoms with van der Waals surface area (Å²) in [4.78, 5) is 34.7. The number of carbonyl (C=O) groups is 3. The van der Waals surface area contributed by atoms with Crippen LogP contribution in [0.2, 0.25) is 0 Å².